The summed E-state index contributed by atoms with van der Waals surface area (Å²) in [5, 5.41) is 0. The SMILES string of the molecule is CCOc1cccc2c1[nH]c(=S)n2CCCCC(N)=O. The number of aromatic amines is 1. The number of unbranched alkanes of at least 4 members (excludes halogenated alkanes) is 1. The maximum absolute atomic E-state index is 10.7. The molecular formula is C14H19N3O2S. The highest BCUT2D eigenvalue weighted by atomic mass is 32.1. The molecule has 0 aliphatic rings. The van der Waals surface area contributed by atoms with Crippen molar-refractivity contribution in [3.8, 4) is 5.75 Å². The molecule has 0 aliphatic carbocycles. The number of hydrogen-bond acceptors (Lipinski definition) is 3. The van der Waals surface area contributed by atoms with E-state index in [-0.39, 0.29) is 5.91 Å². The van der Waals surface area contributed by atoms with Crippen molar-refractivity contribution >= 4 is 29.2 Å². The van der Waals surface area contributed by atoms with Crippen LogP contribution in [0.15, 0.2) is 18.2 Å². The topological polar surface area (TPSA) is 73.0 Å². The van der Waals surface area contributed by atoms with Gasteiger partial charge in [-0.15, -0.1) is 0 Å². The maximum Gasteiger partial charge on any atom is 0.217 e. The number of para-hydroxylation sites is 1. The predicted octanol–water partition coefficient (Wildman–Crippen LogP) is 2.75. The molecule has 0 aliphatic heterocycles. The van der Waals surface area contributed by atoms with E-state index in [2.05, 4.69) is 4.98 Å². The third-order valence-electron chi connectivity index (χ3n) is 3.13. The molecule has 2 aromatic rings. The summed E-state index contributed by atoms with van der Waals surface area (Å²) in [6.45, 7) is 3.33. The average Bonchev–Trinajstić information content (AvgIpc) is 2.72. The molecule has 1 heterocycles. The second kappa shape index (κ2) is 6.56. The molecule has 6 heteroatoms. The Morgan fingerprint density at radius 2 is 2.25 bits per heavy atom. The van der Waals surface area contributed by atoms with E-state index in [0.717, 1.165) is 36.2 Å². The Morgan fingerprint density at radius 1 is 1.45 bits per heavy atom. The Morgan fingerprint density at radius 3 is 2.95 bits per heavy atom. The van der Waals surface area contributed by atoms with Gasteiger partial charge in [0.1, 0.15) is 11.3 Å². The molecule has 2 rings (SSSR count). The van der Waals surface area contributed by atoms with E-state index in [1.165, 1.54) is 0 Å². The summed E-state index contributed by atoms with van der Waals surface area (Å²) >= 11 is 5.36. The Labute approximate surface area is 122 Å². The number of benzene rings is 1. The van der Waals surface area contributed by atoms with E-state index in [0.29, 0.717) is 17.8 Å². The third kappa shape index (κ3) is 3.19. The smallest absolute Gasteiger partial charge is 0.217 e. The number of nitrogens with zero attached hydrogens (tertiary/aromatic N) is 1. The van der Waals surface area contributed by atoms with Crippen LogP contribution in [0.3, 0.4) is 0 Å². The van der Waals surface area contributed by atoms with E-state index in [1.807, 2.05) is 29.7 Å². The Balaban J connectivity index is 2.21. The maximum atomic E-state index is 10.7. The lowest BCUT2D eigenvalue weighted by molar-refractivity contribution is -0.118. The zero-order valence-electron chi connectivity index (χ0n) is 11.5. The lowest BCUT2D eigenvalue weighted by atomic mass is 10.2. The fourth-order valence-electron chi connectivity index (χ4n) is 2.22. The van der Waals surface area contributed by atoms with Crippen molar-refractivity contribution in [3.63, 3.8) is 0 Å². The molecule has 0 fully saturated rings. The van der Waals surface area contributed by atoms with Crippen LogP contribution in [0.5, 0.6) is 5.75 Å². The number of amides is 1. The van der Waals surface area contributed by atoms with Gasteiger partial charge >= 0.3 is 0 Å². The predicted molar refractivity (Wildman–Crippen MR) is 81.3 cm³/mol. The zero-order chi connectivity index (χ0) is 14.5. The highest BCUT2D eigenvalue weighted by Crippen LogP contribution is 2.25. The number of carbonyl (C=O) groups is 1. The van der Waals surface area contributed by atoms with Gasteiger partial charge in [0, 0.05) is 13.0 Å². The molecule has 1 aromatic carbocycles. The quantitative estimate of drug-likeness (QED) is 0.609. The first-order valence-electron chi connectivity index (χ1n) is 6.76. The summed E-state index contributed by atoms with van der Waals surface area (Å²) in [5.74, 6) is 0.554. The number of ether oxygens (including phenoxy) is 1. The number of imidazole rings is 1. The Hall–Kier alpha value is -1.82. The van der Waals surface area contributed by atoms with E-state index in [4.69, 9.17) is 22.7 Å². The number of aromatic nitrogens is 2. The van der Waals surface area contributed by atoms with Gasteiger partial charge < -0.3 is 20.0 Å². The number of aryl methyl sites for hydroxylation is 1. The van der Waals surface area contributed by atoms with Crippen LogP contribution in [0.1, 0.15) is 26.2 Å². The largest absolute Gasteiger partial charge is 0.492 e. The number of nitrogens with one attached hydrogen (secondary N) is 1. The van der Waals surface area contributed by atoms with Crippen molar-refractivity contribution in [2.75, 3.05) is 6.61 Å². The molecule has 3 N–H and O–H groups in total. The molecule has 5 nitrogen and oxygen atoms in total. The number of primary amides is 1. The summed E-state index contributed by atoms with van der Waals surface area (Å²) in [6.07, 6.45) is 2.05. The fraction of sp³-hybridized carbons (Fsp3) is 0.429. The first-order chi connectivity index (χ1) is 9.63. The van der Waals surface area contributed by atoms with E-state index < -0.39 is 0 Å². The van der Waals surface area contributed by atoms with Crippen LogP contribution in [-0.4, -0.2) is 22.1 Å². The second-order valence-corrected chi connectivity index (χ2v) is 4.98. The monoisotopic (exact) mass is 293 g/mol. The summed E-state index contributed by atoms with van der Waals surface area (Å²) in [6, 6.07) is 5.89. The minimum Gasteiger partial charge on any atom is -0.492 e. The van der Waals surface area contributed by atoms with Crippen molar-refractivity contribution in [1.29, 1.82) is 0 Å². The summed E-state index contributed by atoms with van der Waals surface area (Å²) in [5.41, 5.74) is 7.09. The van der Waals surface area contributed by atoms with E-state index in [1.54, 1.807) is 0 Å². The third-order valence-corrected chi connectivity index (χ3v) is 3.45. The molecule has 0 radical (unpaired) electrons. The number of rotatable bonds is 7. The summed E-state index contributed by atoms with van der Waals surface area (Å²) in [4.78, 5) is 13.9. The lowest BCUT2D eigenvalue weighted by Gasteiger charge is -2.06. The molecule has 0 saturated heterocycles. The zero-order valence-corrected chi connectivity index (χ0v) is 12.3. The second-order valence-electron chi connectivity index (χ2n) is 4.59. The number of carbonyl (C=O) groups excluding carboxylic acids is 1. The number of fused-ring (bicyclic) bond motifs is 1. The van der Waals surface area contributed by atoms with E-state index in [9.17, 15) is 4.79 Å². The lowest BCUT2D eigenvalue weighted by Crippen LogP contribution is -2.10. The molecule has 0 atom stereocenters. The molecule has 0 saturated carbocycles. The van der Waals surface area contributed by atoms with Crippen molar-refractivity contribution in [2.24, 2.45) is 5.73 Å². The van der Waals surface area contributed by atoms with Gasteiger partial charge in [-0.25, -0.2) is 0 Å². The fourth-order valence-corrected chi connectivity index (χ4v) is 2.51. The van der Waals surface area contributed by atoms with Gasteiger partial charge in [0.05, 0.1) is 12.1 Å². The molecule has 108 valence electrons. The van der Waals surface area contributed by atoms with Gasteiger partial charge in [0.25, 0.3) is 0 Å². The standard InChI is InChI=1S/C14H19N3O2S/c1-2-19-11-7-5-6-10-13(11)16-14(20)17(10)9-4-3-8-12(15)18/h5-7H,2-4,8-9H2,1H3,(H2,15,18)(H,16,20). The summed E-state index contributed by atoms with van der Waals surface area (Å²) in [7, 11) is 0. The average molecular weight is 293 g/mol. The highest BCUT2D eigenvalue weighted by Gasteiger charge is 2.08. The van der Waals surface area contributed by atoms with Crippen LogP contribution < -0.4 is 10.5 Å². The Bertz CT molecular complexity index is 660. The van der Waals surface area contributed by atoms with Crippen LogP contribution >= 0.6 is 12.2 Å². The van der Waals surface area contributed by atoms with Crippen molar-refractivity contribution in [3.05, 3.63) is 23.0 Å². The molecule has 20 heavy (non-hydrogen) atoms. The van der Waals surface area contributed by atoms with Gasteiger partial charge in [0.2, 0.25) is 5.91 Å². The molecular weight excluding hydrogens is 274 g/mol. The number of H-pyrrole nitrogens is 1. The van der Waals surface area contributed by atoms with Gasteiger partial charge in [-0.2, -0.15) is 0 Å². The van der Waals surface area contributed by atoms with Crippen molar-refractivity contribution in [1.82, 2.24) is 9.55 Å². The highest BCUT2D eigenvalue weighted by molar-refractivity contribution is 7.71. The molecule has 0 spiro atoms. The van der Waals surface area contributed by atoms with Gasteiger partial charge in [-0.05, 0) is 44.1 Å². The Kier molecular flexibility index (Phi) is 4.79. The summed E-state index contributed by atoms with van der Waals surface area (Å²) < 4.78 is 8.30. The van der Waals surface area contributed by atoms with Gasteiger partial charge in [0.15, 0.2) is 4.77 Å². The molecule has 0 bridgehead atoms. The minimum absolute atomic E-state index is 0.258. The normalized spacial score (nSPS) is 10.8. The van der Waals surface area contributed by atoms with Crippen LogP contribution in [0.25, 0.3) is 11.0 Å². The minimum atomic E-state index is -0.258. The first kappa shape index (κ1) is 14.6. The van der Waals surface area contributed by atoms with Crippen LogP contribution in [-0.2, 0) is 11.3 Å². The van der Waals surface area contributed by atoms with Crippen LogP contribution in [0.4, 0.5) is 0 Å². The van der Waals surface area contributed by atoms with Crippen molar-refractivity contribution in [2.45, 2.75) is 32.7 Å². The van der Waals surface area contributed by atoms with Crippen molar-refractivity contribution < 1.29 is 9.53 Å². The number of hydrogen-bond donors (Lipinski definition) is 2. The van der Waals surface area contributed by atoms with E-state index >= 15 is 0 Å². The van der Waals surface area contributed by atoms with Gasteiger partial charge in [-0.3, -0.25) is 4.79 Å². The van der Waals surface area contributed by atoms with Crippen LogP contribution in [0, 0.1) is 4.77 Å². The van der Waals surface area contributed by atoms with Gasteiger partial charge in [-0.1, -0.05) is 6.07 Å². The molecule has 1 amide bonds. The number of nitrogens with two attached hydrogens (primary N) is 1. The first-order valence-corrected chi connectivity index (χ1v) is 7.17. The molecule has 1 aromatic heterocycles. The van der Waals surface area contributed by atoms with Crippen LogP contribution in [0.2, 0.25) is 0 Å². The molecule has 0 unspecified atom stereocenters.